The molecule has 0 saturated heterocycles. The summed E-state index contributed by atoms with van der Waals surface area (Å²) in [6.45, 7) is -0.366. The molecule has 8 heteroatoms. The number of nitrogens with one attached hydrogen (secondary N) is 1. The van der Waals surface area contributed by atoms with Crippen molar-refractivity contribution in [2.45, 2.75) is 6.54 Å². The fraction of sp³-hybridized carbons (Fsp3) is 0.0769. The molecule has 0 fully saturated rings. The van der Waals surface area contributed by atoms with Gasteiger partial charge in [-0.1, -0.05) is 0 Å². The van der Waals surface area contributed by atoms with Crippen molar-refractivity contribution in [1.82, 2.24) is 4.57 Å². The average molecular weight is 298 g/mol. The van der Waals surface area contributed by atoms with E-state index >= 15 is 0 Å². The van der Waals surface area contributed by atoms with Crippen LogP contribution in [0, 0.1) is 17.5 Å². The summed E-state index contributed by atoms with van der Waals surface area (Å²) in [5.74, 6) is -6.42. The largest absolute Gasteiger partial charge is 0.477 e. The first-order valence-electron chi connectivity index (χ1n) is 5.71. The van der Waals surface area contributed by atoms with Crippen LogP contribution >= 0.6 is 0 Å². The van der Waals surface area contributed by atoms with Crippen molar-refractivity contribution in [2.24, 2.45) is 0 Å². The van der Waals surface area contributed by atoms with Gasteiger partial charge in [0, 0.05) is 24.0 Å². The smallest absolute Gasteiger partial charge is 0.352 e. The van der Waals surface area contributed by atoms with Crippen LogP contribution < -0.4 is 5.32 Å². The van der Waals surface area contributed by atoms with Crippen LogP contribution in [-0.2, 0) is 11.3 Å². The number of carboxylic acids is 1. The molecule has 0 saturated carbocycles. The molecule has 0 unspecified atom stereocenters. The highest BCUT2D eigenvalue weighted by molar-refractivity contribution is 5.92. The maximum absolute atomic E-state index is 13.0. The normalized spacial score (nSPS) is 10.4. The van der Waals surface area contributed by atoms with Crippen LogP contribution in [-0.4, -0.2) is 21.6 Å². The fourth-order valence-electron chi connectivity index (χ4n) is 1.73. The van der Waals surface area contributed by atoms with Crippen LogP contribution in [0.2, 0.25) is 0 Å². The number of carbonyl (C=O) groups is 2. The first kappa shape index (κ1) is 14.6. The standard InChI is InChI=1S/C13H9F3N2O3/c14-8-4-7(5-9(15)12(8)16)17-11(19)6-18-3-1-2-10(18)13(20)21/h1-5H,6H2,(H,17,19)(H,20,21). The van der Waals surface area contributed by atoms with E-state index in [0.717, 1.165) is 4.57 Å². The summed E-state index contributed by atoms with van der Waals surface area (Å²) in [6.07, 6.45) is 1.37. The Labute approximate surface area is 116 Å². The highest BCUT2D eigenvalue weighted by Crippen LogP contribution is 2.17. The molecule has 1 aromatic carbocycles. The van der Waals surface area contributed by atoms with Gasteiger partial charge in [0.05, 0.1) is 0 Å². The van der Waals surface area contributed by atoms with E-state index < -0.39 is 29.3 Å². The monoisotopic (exact) mass is 298 g/mol. The number of carbonyl (C=O) groups excluding carboxylic acids is 1. The Morgan fingerprint density at radius 3 is 2.38 bits per heavy atom. The first-order chi connectivity index (χ1) is 9.88. The SMILES string of the molecule is O=C(Cn1cccc1C(=O)O)Nc1cc(F)c(F)c(F)c1. The average Bonchev–Trinajstić information content (AvgIpc) is 2.83. The van der Waals surface area contributed by atoms with E-state index in [9.17, 15) is 22.8 Å². The van der Waals surface area contributed by atoms with Gasteiger partial charge in [0.25, 0.3) is 0 Å². The predicted molar refractivity (Wildman–Crippen MR) is 66.3 cm³/mol. The number of aromatic carboxylic acids is 1. The van der Waals surface area contributed by atoms with E-state index in [1.807, 2.05) is 0 Å². The minimum atomic E-state index is -1.63. The predicted octanol–water partition coefficient (Wildman–Crippen LogP) is 2.24. The van der Waals surface area contributed by atoms with Crippen LogP contribution in [0.3, 0.4) is 0 Å². The molecule has 1 aromatic heterocycles. The minimum Gasteiger partial charge on any atom is -0.477 e. The third-order valence-corrected chi connectivity index (χ3v) is 2.63. The molecule has 5 nitrogen and oxygen atoms in total. The molecule has 1 heterocycles. The van der Waals surface area contributed by atoms with E-state index in [1.54, 1.807) is 0 Å². The fourth-order valence-corrected chi connectivity index (χ4v) is 1.73. The lowest BCUT2D eigenvalue weighted by Crippen LogP contribution is -2.21. The van der Waals surface area contributed by atoms with E-state index in [1.165, 1.54) is 18.3 Å². The number of rotatable bonds is 4. The van der Waals surface area contributed by atoms with Gasteiger partial charge in [-0.15, -0.1) is 0 Å². The number of hydrogen-bond donors (Lipinski definition) is 2. The third kappa shape index (κ3) is 3.22. The second-order valence-corrected chi connectivity index (χ2v) is 4.13. The number of amides is 1. The molecular formula is C13H9F3N2O3. The minimum absolute atomic E-state index is 0.110. The summed E-state index contributed by atoms with van der Waals surface area (Å²) in [4.78, 5) is 22.6. The van der Waals surface area contributed by atoms with E-state index in [-0.39, 0.29) is 17.9 Å². The lowest BCUT2D eigenvalue weighted by molar-refractivity contribution is -0.116. The van der Waals surface area contributed by atoms with Crippen molar-refractivity contribution in [1.29, 1.82) is 0 Å². The lowest BCUT2D eigenvalue weighted by Gasteiger charge is -2.08. The lowest BCUT2D eigenvalue weighted by atomic mass is 10.3. The molecule has 0 atom stereocenters. The van der Waals surface area contributed by atoms with Gasteiger partial charge in [-0.3, -0.25) is 4.79 Å². The van der Waals surface area contributed by atoms with Crippen molar-refractivity contribution in [3.05, 3.63) is 53.6 Å². The summed E-state index contributed by atoms with van der Waals surface area (Å²) >= 11 is 0. The second-order valence-electron chi connectivity index (χ2n) is 4.13. The first-order valence-corrected chi connectivity index (χ1v) is 5.71. The van der Waals surface area contributed by atoms with Gasteiger partial charge in [-0.2, -0.15) is 0 Å². The topological polar surface area (TPSA) is 71.3 Å². The molecule has 21 heavy (non-hydrogen) atoms. The van der Waals surface area contributed by atoms with Crippen molar-refractivity contribution in [3.63, 3.8) is 0 Å². The summed E-state index contributed by atoms with van der Waals surface area (Å²) in [5, 5.41) is 11.0. The van der Waals surface area contributed by atoms with Gasteiger partial charge in [0.2, 0.25) is 5.91 Å². The Morgan fingerprint density at radius 2 is 1.81 bits per heavy atom. The molecule has 2 aromatic rings. The summed E-state index contributed by atoms with van der Waals surface area (Å²) in [5.41, 5.74) is -0.373. The number of benzene rings is 1. The zero-order chi connectivity index (χ0) is 15.6. The summed E-state index contributed by atoms with van der Waals surface area (Å²) in [6, 6.07) is 4.00. The molecule has 0 aliphatic heterocycles. The molecule has 2 rings (SSSR count). The van der Waals surface area contributed by atoms with Crippen molar-refractivity contribution in [2.75, 3.05) is 5.32 Å². The molecular weight excluding hydrogens is 289 g/mol. The number of anilines is 1. The van der Waals surface area contributed by atoms with Gasteiger partial charge in [0.1, 0.15) is 12.2 Å². The van der Waals surface area contributed by atoms with Crippen molar-refractivity contribution >= 4 is 17.6 Å². The molecule has 2 N–H and O–H groups in total. The highest BCUT2D eigenvalue weighted by atomic mass is 19.2. The van der Waals surface area contributed by atoms with E-state index in [0.29, 0.717) is 12.1 Å². The molecule has 0 aliphatic rings. The number of hydrogen-bond acceptors (Lipinski definition) is 2. The number of nitrogens with zero attached hydrogens (tertiary/aromatic N) is 1. The van der Waals surface area contributed by atoms with Gasteiger partial charge < -0.3 is 15.0 Å². The molecule has 1 amide bonds. The van der Waals surface area contributed by atoms with Crippen LogP contribution in [0.4, 0.5) is 18.9 Å². The van der Waals surface area contributed by atoms with E-state index in [4.69, 9.17) is 5.11 Å². The Bertz CT molecular complexity index is 689. The highest BCUT2D eigenvalue weighted by Gasteiger charge is 2.14. The summed E-state index contributed by atoms with van der Waals surface area (Å²) < 4.78 is 39.9. The Hall–Kier alpha value is -2.77. The number of aromatic nitrogens is 1. The van der Waals surface area contributed by atoms with Gasteiger partial charge in [0.15, 0.2) is 17.5 Å². The molecule has 0 aliphatic carbocycles. The Balaban J connectivity index is 2.12. The maximum Gasteiger partial charge on any atom is 0.352 e. The number of carboxylic acid groups (broad SMARTS) is 1. The second kappa shape index (κ2) is 5.70. The van der Waals surface area contributed by atoms with Crippen molar-refractivity contribution < 1.29 is 27.9 Å². The zero-order valence-corrected chi connectivity index (χ0v) is 10.4. The Kier molecular flexibility index (Phi) is 3.97. The van der Waals surface area contributed by atoms with Crippen LogP contribution in [0.25, 0.3) is 0 Å². The van der Waals surface area contributed by atoms with Crippen molar-refractivity contribution in [3.8, 4) is 0 Å². The van der Waals surface area contributed by atoms with Gasteiger partial charge in [-0.05, 0) is 12.1 Å². The van der Waals surface area contributed by atoms with E-state index in [2.05, 4.69) is 5.32 Å². The maximum atomic E-state index is 13.0. The Morgan fingerprint density at radius 1 is 1.19 bits per heavy atom. The van der Waals surface area contributed by atoms with Crippen LogP contribution in [0.15, 0.2) is 30.5 Å². The zero-order valence-electron chi connectivity index (χ0n) is 10.4. The molecule has 0 radical (unpaired) electrons. The molecule has 110 valence electrons. The summed E-state index contributed by atoms with van der Waals surface area (Å²) in [7, 11) is 0. The quantitative estimate of drug-likeness (QED) is 0.850. The molecule has 0 bridgehead atoms. The van der Waals surface area contributed by atoms with Gasteiger partial charge in [-0.25, -0.2) is 18.0 Å². The van der Waals surface area contributed by atoms with Crippen LogP contribution in [0.5, 0.6) is 0 Å². The van der Waals surface area contributed by atoms with Gasteiger partial charge >= 0.3 is 5.97 Å². The van der Waals surface area contributed by atoms with Crippen LogP contribution in [0.1, 0.15) is 10.5 Å². The number of halogens is 3. The molecule has 0 spiro atoms. The third-order valence-electron chi connectivity index (χ3n) is 2.63.